The minimum atomic E-state index is -3.36. The maximum atomic E-state index is 11.6. The smallest absolute Gasteiger partial charge is 0.229 e. The Morgan fingerprint density at radius 1 is 1.18 bits per heavy atom. The maximum Gasteiger partial charge on any atom is 0.229 e. The van der Waals surface area contributed by atoms with Crippen LogP contribution in [0.2, 0.25) is 0 Å². The minimum absolute atomic E-state index is 0.121. The van der Waals surface area contributed by atoms with Gasteiger partial charge in [0.25, 0.3) is 0 Å². The average molecular weight is 462 g/mol. The lowest BCUT2D eigenvalue weighted by Gasteiger charge is -2.24. The number of H-pyrrole nitrogens is 1. The van der Waals surface area contributed by atoms with Crippen molar-refractivity contribution in [2.75, 3.05) is 11.0 Å². The van der Waals surface area contributed by atoms with Gasteiger partial charge in [-0.3, -0.25) is 4.72 Å². The molecule has 2 aliphatic rings. The van der Waals surface area contributed by atoms with Gasteiger partial charge in [0.2, 0.25) is 10.0 Å². The lowest BCUT2D eigenvalue weighted by Crippen LogP contribution is -2.10. The number of aromatic amines is 1. The van der Waals surface area contributed by atoms with Crippen LogP contribution in [0.4, 0.5) is 5.69 Å². The summed E-state index contributed by atoms with van der Waals surface area (Å²) in [7, 11) is -3.36. The van der Waals surface area contributed by atoms with Crippen molar-refractivity contribution in [2.45, 2.75) is 18.8 Å². The zero-order valence-electron chi connectivity index (χ0n) is 18.0. The second kappa shape index (κ2) is 8.63. The number of rotatable bonds is 6. The molecule has 1 aromatic carbocycles. The number of benzene rings is 1. The largest absolute Gasteiger partial charge is 0.466 e. The summed E-state index contributed by atoms with van der Waals surface area (Å²) < 4.78 is 37.1. The Morgan fingerprint density at radius 3 is 2.85 bits per heavy atom. The second-order valence-corrected chi connectivity index (χ2v) is 9.76. The van der Waals surface area contributed by atoms with Crippen LogP contribution >= 0.6 is 0 Å². The fourth-order valence-electron chi connectivity index (χ4n) is 4.20. The van der Waals surface area contributed by atoms with Gasteiger partial charge in [0.05, 0.1) is 12.2 Å². The monoisotopic (exact) mass is 461 g/mol. The van der Waals surface area contributed by atoms with Gasteiger partial charge in [0, 0.05) is 29.0 Å². The average Bonchev–Trinajstić information content (AvgIpc) is 3.23. The van der Waals surface area contributed by atoms with Gasteiger partial charge in [0.15, 0.2) is 0 Å². The first-order valence-corrected chi connectivity index (χ1v) is 12.5. The normalized spacial score (nSPS) is 16.5. The van der Waals surface area contributed by atoms with E-state index < -0.39 is 10.0 Å². The molecule has 1 aliphatic heterocycles. The number of hydrogen-bond acceptors (Lipinski definition) is 5. The lowest BCUT2D eigenvalue weighted by atomic mass is 9.85. The third kappa shape index (κ3) is 4.56. The molecule has 1 unspecified atom stereocenters. The first kappa shape index (κ1) is 21.1. The summed E-state index contributed by atoms with van der Waals surface area (Å²) in [6.07, 6.45) is 17.8. The highest BCUT2D eigenvalue weighted by Gasteiger charge is 2.27. The van der Waals surface area contributed by atoms with E-state index in [0.717, 1.165) is 46.8 Å². The molecule has 3 aromatic rings. The van der Waals surface area contributed by atoms with Crippen LogP contribution < -0.4 is 4.72 Å². The number of allylic oxidation sites excluding steroid dienone is 4. The SMILES string of the molecule is CS(=O)(=O)Nc1cccc(-c2cnc3[nH]cc(C(C4=CC=CCC4)C4=COC=CO4)c3c2)c1. The summed E-state index contributed by atoms with van der Waals surface area (Å²) in [5, 5.41) is 0.966. The van der Waals surface area contributed by atoms with Crippen LogP contribution in [0.3, 0.4) is 0 Å². The van der Waals surface area contributed by atoms with Crippen molar-refractivity contribution in [2.24, 2.45) is 0 Å². The van der Waals surface area contributed by atoms with Crippen LogP contribution in [0.25, 0.3) is 22.2 Å². The molecule has 2 N–H and O–H groups in total. The quantitative estimate of drug-likeness (QED) is 0.518. The van der Waals surface area contributed by atoms with E-state index in [1.165, 1.54) is 11.8 Å². The van der Waals surface area contributed by atoms with Crippen molar-refractivity contribution in [1.29, 1.82) is 0 Å². The zero-order valence-corrected chi connectivity index (χ0v) is 18.8. The van der Waals surface area contributed by atoms with Crippen molar-refractivity contribution in [3.8, 4) is 11.1 Å². The fourth-order valence-corrected chi connectivity index (χ4v) is 4.76. The van der Waals surface area contributed by atoms with E-state index in [0.29, 0.717) is 11.4 Å². The van der Waals surface area contributed by atoms with E-state index in [1.807, 2.05) is 18.3 Å². The van der Waals surface area contributed by atoms with E-state index in [1.54, 1.807) is 30.9 Å². The Kier molecular flexibility index (Phi) is 5.51. The van der Waals surface area contributed by atoms with E-state index >= 15 is 0 Å². The Hall–Kier alpha value is -3.78. The summed E-state index contributed by atoms with van der Waals surface area (Å²) in [6.45, 7) is 0. The standard InChI is InChI=1S/C25H23N3O4S/c1-33(29,30)28-20-9-5-8-18(12-20)19-13-21-22(15-27-25(21)26-14-19)24(17-6-3-2-4-7-17)23-16-31-10-11-32-23/h2-3,5-6,8-16,24,28H,4,7H2,1H3,(H,26,27). The van der Waals surface area contributed by atoms with Crippen molar-refractivity contribution in [3.05, 3.63) is 96.6 Å². The first-order chi connectivity index (χ1) is 16.0. The van der Waals surface area contributed by atoms with Gasteiger partial charge >= 0.3 is 0 Å². The molecule has 0 radical (unpaired) electrons. The van der Waals surface area contributed by atoms with E-state index in [-0.39, 0.29) is 5.92 Å². The van der Waals surface area contributed by atoms with E-state index in [2.05, 4.69) is 39.0 Å². The number of nitrogens with one attached hydrogen (secondary N) is 2. The highest BCUT2D eigenvalue weighted by Crippen LogP contribution is 2.41. The topological polar surface area (TPSA) is 93.3 Å². The van der Waals surface area contributed by atoms with Crippen LogP contribution in [-0.2, 0) is 19.5 Å². The maximum absolute atomic E-state index is 11.6. The molecule has 7 nitrogen and oxygen atoms in total. The number of pyridine rings is 1. The van der Waals surface area contributed by atoms with Crippen molar-refractivity contribution < 1.29 is 17.9 Å². The third-order valence-corrected chi connectivity index (χ3v) is 6.20. The summed E-state index contributed by atoms with van der Waals surface area (Å²) in [5.74, 6) is 0.591. The molecule has 1 atom stereocenters. The predicted octanol–water partition coefficient (Wildman–Crippen LogP) is 5.32. The summed E-state index contributed by atoms with van der Waals surface area (Å²) in [6, 6.07) is 9.34. The van der Waals surface area contributed by atoms with Gasteiger partial charge < -0.3 is 14.5 Å². The van der Waals surface area contributed by atoms with Gasteiger partial charge in [-0.15, -0.1) is 0 Å². The van der Waals surface area contributed by atoms with Gasteiger partial charge in [-0.2, -0.15) is 0 Å². The molecule has 0 bridgehead atoms. The fraction of sp³-hybridized carbons (Fsp3) is 0.160. The van der Waals surface area contributed by atoms with Crippen LogP contribution in [-0.4, -0.2) is 24.6 Å². The minimum Gasteiger partial charge on any atom is -0.466 e. The number of hydrogen-bond donors (Lipinski definition) is 2. The molecule has 0 fully saturated rings. The lowest BCUT2D eigenvalue weighted by molar-refractivity contribution is 0.242. The molecule has 0 saturated heterocycles. The Morgan fingerprint density at radius 2 is 2.09 bits per heavy atom. The van der Waals surface area contributed by atoms with E-state index in [4.69, 9.17) is 9.47 Å². The van der Waals surface area contributed by atoms with Gasteiger partial charge in [0.1, 0.15) is 30.2 Å². The van der Waals surface area contributed by atoms with Crippen molar-refractivity contribution >= 4 is 26.7 Å². The molecule has 1 aliphatic carbocycles. The Labute approximate surface area is 192 Å². The predicted molar refractivity (Wildman–Crippen MR) is 129 cm³/mol. The van der Waals surface area contributed by atoms with Gasteiger partial charge in [-0.1, -0.05) is 35.9 Å². The van der Waals surface area contributed by atoms with Crippen molar-refractivity contribution in [3.63, 3.8) is 0 Å². The van der Waals surface area contributed by atoms with Crippen LogP contribution in [0, 0.1) is 0 Å². The third-order valence-electron chi connectivity index (χ3n) is 5.60. The molecule has 8 heteroatoms. The van der Waals surface area contributed by atoms with Gasteiger partial charge in [-0.05, 0) is 42.2 Å². The van der Waals surface area contributed by atoms with E-state index in [9.17, 15) is 8.42 Å². The Balaban J connectivity index is 1.59. The summed E-state index contributed by atoms with van der Waals surface area (Å²) in [4.78, 5) is 7.90. The number of aromatic nitrogens is 2. The molecule has 5 rings (SSSR count). The van der Waals surface area contributed by atoms with Crippen LogP contribution in [0.1, 0.15) is 24.3 Å². The van der Waals surface area contributed by atoms with Gasteiger partial charge in [-0.25, -0.2) is 13.4 Å². The molecule has 0 spiro atoms. The molecule has 0 amide bonds. The molecule has 3 heterocycles. The molecule has 2 aromatic heterocycles. The van der Waals surface area contributed by atoms with Crippen LogP contribution in [0.15, 0.2) is 91.1 Å². The highest BCUT2D eigenvalue weighted by molar-refractivity contribution is 7.92. The number of nitrogens with zero attached hydrogens (tertiary/aromatic N) is 1. The summed E-state index contributed by atoms with van der Waals surface area (Å²) >= 11 is 0. The molecule has 33 heavy (non-hydrogen) atoms. The molecule has 0 saturated carbocycles. The molecular weight excluding hydrogens is 438 g/mol. The second-order valence-electron chi connectivity index (χ2n) is 8.01. The Bertz CT molecular complexity index is 1430. The summed E-state index contributed by atoms with van der Waals surface area (Å²) in [5.41, 5.74) is 5.28. The highest BCUT2D eigenvalue weighted by atomic mass is 32.2. The number of anilines is 1. The van der Waals surface area contributed by atoms with Crippen LogP contribution in [0.5, 0.6) is 0 Å². The zero-order chi connectivity index (χ0) is 22.8. The number of ether oxygens (including phenoxy) is 2. The molecular formula is C25H23N3O4S. The molecule has 168 valence electrons. The van der Waals surface area contributed by atoms with Crippen molar-refractivity contribution in [1.82, 2.24) is 9.97 Å². The number of sulfonamides is 1. The first-order valence-electron chi connectivity index (χ1n) is 10.6. The number of fused-ring (bicyclic) bond motifs is 1.